The van der Waals surface area contributed by atoms with Gasteiger partial charge in [-0.05, 0) is 37.6 Å². The van der Waals surface area contributed by atoms with Crippen LogP contribution in [0.25, 0.3) is 0 Å². The van der Waals surface area contributed by atoms with Crippen LogP contribution >= 0.6 is 11.8 Å². The molecule has 0 bridgehead atoms. The smallest absolute Gasteiger partial charge is 0.283 e. The van der Waals surface area contributed by atoms with Gasteiger partial charge in [0.15, 0.2) is 0 Å². The number of nitro groups is 1. The molecule has 0 radical (unpaired) electrons. The molecule has 0 aliphatic heterocycles. The quantitative estimate of drug-likeness (QED) is 0.434. The molecular weight excluding hydrogens is 326 g/mol. The number of amides is 1. The predicted octanol–water partition coefficient (Wildman–Crippen LogP) is 3.76. The minimum atomic E-state index is -0.440. The zero-order valence-electron chi connectivity index (χ0n) is 13.6. The Bertz CT molecular complexity index is 718. The van der Waals surface area contributed by atoms with E-state index in [4.69, 9.17) is 0 Å². The molecule has 6 nitrogen and oxygen atoms in total. The largest absolute Gasteiger partial charge is 0.339 e. The van der Waals surface area contributed by atoms with Gasteiger partial charge in [0, 0.05) is 42.9 Å². The van der Waals surface area contributed by atoms with Crippen LogP contribution in [-0.4, -0.2) is 33.8 Å². The summed E-state index contributed by atoms with van der Waals surface area (Å²) in [6.45, 7) is 4.91. The summed E-state index contributed by atoms with van der Waals surface area (Å²) in [6, 6.07) is 8.42. The Kier molecular flexibility index (Phi) is 6.31. The van der Waals surface area contributed by atoms with Gasteiger partial charge in [0.05, 0.1) is 9.82 Å². The SMILES string of the molecule is CCN(CC)C(=O)c1ccc(SCc2cccnc2)c([N+](=O)[O-])c1. The number of nitro benzene ring substituents is 1. The molecule has 0 aliphatic carbocycles. The Hall–Kier alpha value is -2.41. The number of pyridine rings is 1. The summed E-state index contributed by atoms with van der Waals surface area (Å²) < 4.78 is 0. The van der Waals surface area contributed by atoms with Gasteiger partial charge in [-0.2, -0.15) is 0 Å². The molecule has 7 heteroatoms. The number of rotatable bonds is 7. The molecule has 1 heterocycles. The summed E-state index contributed by atoms with van der Waals surface area (Å²) in [5.41, 5.74) is 1.29. The van der Waals surface area contributed by atoms with Gasteiger partial charge in [-0.15, -0.1) is 11.8 Å². The maximum Gasteiger partial charge on any atom is 0.283 e. The van der Waals surface area contributed by atoms with E-state index < -0.39 is 4.92 Å². The van der Waals surface area contributed by atoms with Crippen LogP contribution < -0.4 is 0 Å². The average Bonchev–Trinajstić information content (AvgIpc) is 2.61. The van der Waals surface area contributed by atoms with Gasteiger partial charge in [-0.1, -0.05) is 6.07 Å². The first-order valence-electron chi connectivity index (χ1n) is 7.66. The standard InChI is InChI=1S/C17H19N3O3S/c1-3-19(4-2)17(21)14-7-8-16(15(10-14)20(22)23)24-12-13-6-5-9-18-11-13/h5-11H,3-4,12H2,1-2H3. The van der Waals surface area contributed by atoms with Gasteiger partial charge in [-0.3, -0.25) is 19.9 Å². The second kappa shape index (κ2) is 8.44. The van der Waals surface area contributed by atoms with E-state index in [-0.39, 0.29) is 11.6 Å². The first kappa shape index (κ1) is 17.9. The van der Waals surface area contributed by atoms with E-state index in [1.54, 1.807) is 29.4 Å². The fourth-order valence-electron chi connectivity index (χ4n) is 2.25. The fraction of sp³-hybridized carbons (Fsp3) is 0.294. The van der Waals surface area contributed by atoms with E-state index >= 15 is 0 Å². The topological polar surface area (TPSA) is 76.3 Å². The lowest BCUT2D eigenvalue weighted by Crippen LogP contribution is -2.30. The van der Waals surface area contributed by atoms with Crippen LogP contribution in [0.2, 0.25) is 0 Å². The Balaban J connectivity index is 2.23. The summed E-state index contributed by atoms with van der Waals surface area (Å²) >= 11 is 1.36. The first-order chi connectivity index (χ1) is 11.6. The van der Waals surface area contributed by atoms with Gasteiger partial charge in [0.2, 0.25) is 0 Å². The number of nitrogens with zero attached hydrogens (tertiary/aromatic N) is 3. The van der Waals surface area contributed by atoms with Crippen molar-refractivity contribution in [3.05, 3.63) is 64.0 Å². The second-order valence-corrected chi connectivity index (χ2v) is 6.08. The van der Waals surface area contributed by atoms with Crippen LogP contribution in [0.4, 0.5) is 5.69 Å². The molecule has 2 aromatic rings. The van der Waals surface area contributed by atoms with Gasteiger partial charge >= 0.3 is 0 Å². The van der Waals surface area contributed by atoms with Crippen molar-refractivity contribution < 1.29 is 9.72 Å². The minimum Gasteiger partial charge on any atom is -0.339 e. The van der Waals surface area contributed by atoms with Crippen molar-refractivity contribution in [2.45, 2.75) is 24.5 Å². The number of aromatic nitrogens is 1. The molecule has 1 amide bonds. The summed E-state index contributed by atoms with van der Waals surface area (Å²) in [5, 5.41) is 11.4. The normalized spacial score (nSPS) is 10.4. The Morgan fingerprint density at radius 3 is 2.62 bits per heavy atom. The molecule has 0 saturated heterocycles. The number of hydrogen-bond donors (Lipinski definition) is 0. The molecule has 0 saturated carbocycles. The van der Waals surface area contributed by atoms with Crippen molar-refractivity contribution in [1.82, 2.24) is 9.88 Å². The van der Waals surface area contributed by atoms with Gasteiger partial charge < -0.3 is 4.90 Å². The molecule has 0 spiro atoms. The molecular formula is C17H19N3O3S. The van der Waals surface area contributed by atoms with Gasteiger partial charge in [0.25, 0.3) is 11.6 Å². The third kappa shape index (κ3) is 4.32. The molecule has 0 fully saturated rings. The van der Waals surface area contributed by atoms with Crippen molar-refractivity contribution >= 4 is 23.4 Å². The van der Waals surface area contributed by atoms with E-state index in [1.165, 1.54) is 17.8 Å². The number of hydrogen-bond acceptors (Lipinski definition) is 5. The molecule has 2 rings (SSSR count). The van der Waals surface area contributed by atoms with Crippen molar-refractivity contribution in [1.29, 1.82) is 0 Å². The zero-order valence-corrected chi connectivity index (χ0v) is 14.5. The third-order valence-corrected chi connectivity index (χ3v) is 4.70. The van der Waals surface area contributed by atoms with Crippen LogP contribution in [0.1, 0.15) is 29.8 Å². The van der Waals surface area contributed by atoms with Crippen molar-refractivity contribution in [2.24, 2.45) is 0 Å². The fourth-order valence-corrected chi connectivity index (χ4v) is 3.19. The summed E-state index contributed by atoms with van der Waals surface area (Å²) in [5.74, 6) is 0.393. The molecule has 0 atom stereocenters. The zero-order chi connectivity index (χ0) is 17.5. The maximum absolute atomic E-state index is 12.4. The molecule has 126 valence electrons. The highest BCUT2D eigenvalue weighted by Gasteiger charge is 2.20. The lowest BCUT2D eigenvalue weighted by Gasteiger charge is -2.18. The molecule has 24 heavy (non-hydrogen) atoms. The van der Waals surface area contributed by atoms with Crippen molar-refractivity contribution in [3.63, 3.8) is 0 Å². The Morgan fingerprint density at radius 1 is 1.29 bits per heavy atom. The summed E-state index contributed by atoms with van der Waals surface area (Å²) in [7, 11) is 0. The highest BCUT2D eigenvalue weighted by molar-refractivity contribution is 7.98. The van der Waals surface area contributed by atoms with Crippen LogP contribution in [0.15, 0.2) is 47.6 Å². The van der Waals surface area contributed by atoms with Crippen LogP contribution in [0.5, 0.6) is 0 Å². The van der Waals surface area contributed by atoms with Crippen LogP contribution in [0, 0.1) is 10.1 Å². The number of carbonyl (C=O) groups is 1. The van der Waals surface area contributed by atoms with E-state index in [2.05, 4.69) is 4.98 Å². The number of thioether (sulfide) groups is 1. The van der Waals surface area contributed by atoms with Crippen LogP contribution in [-0.2, 0) is 5.75 Å². The molecule has 1 aromatic carbocycles. The lowest BCUT2D eigenvalue weighted by molar-refractivity contribution is -0.387. The molecule has 1 aromatic heterocycles. The summed E-state index contributed by atoms with van der Waals surface area (Å²) in [6.07, 6.45) is 3.42. The van der Waals surface area contributed by atoms with E-state index in [0.29, 0.717) is 29.3 Å². The number of benzene rings is 1. The van der Waals surface area contributed by atoms with E-state index in [9.17, 15) is 14.9 Å². The third-order valence-electron chi connectivity index (χ3n) is 3.57. The molecule has 0 unspecified atom stereocenters. The highest BCUT2D eigenvalue weighted by Crippen LogP contribution is 2.32. The second-order valence-electron chi connectivity index (χ2n) is 5.07. The lowest BCUT2D eigenvalue weighted by atomic mass is 10.1. The predicted molar refractivity (Wildman–Crippen MR) is 94.1 cm³/mol. The number of carbonyl (C=O) groups excluding carboxylic acids is 1. The van der Waals surface area contributed by atoms with Crippen molar-refractivity contribution in [2.75, 3.05) is 13.1 Å². The first-order valence-corrected chi connectivity index (χ1v) is 8.64. The van der Waals surface area contributed by atoms with E-state index in [0.717, 1.165) is 5.56 Å². The van der Waals surface area contributed by atoms with Crippen LogP contribution in [0.3, 0.4) is 0 Å². The Morgan fingerprint density at radius 2 is 2.04 bits per heavy atom. The highest BCUT2D eigenvalue weighted by atomic mass is 32.2. The van der Waals surface area contributed by atoms with Crippen molar-refractivity contribution in [3.8, 4) is 0 Å². The molecule has 0 aliphatic rings. The Labute approximate surface area is 145 Å². The van der Waals surface area contributed by atoms with Gasteiger partial charge in [-0.25, -0.2) is 0 Å². The molecule has 0 N–H and O–H groups in total. The monoisotopic (exact) mass is 345 g/mol. The summed E-state index contributed by atoms with van der Waals surface area (Å²) in [4.78, 5) is 29.5. The average molecular weight is 345 g/mol. The maximum atomic E-state index is 12.4. The minimum absolute atomic E-state index is 0.0399. The van der Waals surface area contributed by atoms with Gasteiger partial charge in [0.1, 0.15) is 0 Å². The van der Waals surface area contributed by atoms with E-state index in [1.807, 2.05) is 26.0 Å².